The van der Waals surface area contributed by atoms with Gasteiger partial charge >= 0.3 is 5.97 Å². The smallest absolute Gasteiger partial charge is 0.326 e. The third-order valence-electron chi connectivity index (χ3n) is 4.13. The highest BCUT2D eigenvalue weighted by Gasteiger charge is 2.42. The van der Waals surface area contributed by atoms with Crippen LogP contribution in [0.15, 0.2) is 0 Å². The van der Waals surface area contributed by atoms with Gasteiger partial charge in [-0.2, -0.15) is 0 Å². The van der Waals surface area contributed by atoms with Gasteiger partial charge in [-0.25, -0.2) is 4.79 Å². The zero-order chi connectivity index (χ0) is 12.6. The van der Waals surface area contributed by atoms with Gasteiger partial charge in [-0.05, 0) is 31.6 Å². The lowest BCUT2D eigenvalue weighted by molar-refractivity contribution is -0.150. The molecule has 2 rings (SSSR count). The van der Waals surface area contributed by atoms with Crippen molar-refractivity contribution >= 4 is 11.9 Å². The number of carbonyl (C=O) groups is 2. The molecule has 0 bridgehead atoms. The van der Waals surface area contributed by atoms with E-state index in [-0.39, 0.29) is 17.4 Å². The first kappa shape index (κ1) is 12.4. The third-order valence-corrected chi connectivity index (χ3v) is 4.13. The van der Waals surface area contributed by atoms with Crippen LogP contribution in [-0.2, 0) is 9.59 Å². The van der Waals surface area contributed by atoms with Crippen molar-refractivity contribution in [1.82, 2.24) is 4.90 Å². The van der Waals surface area contributed by atoms with Crippen molar-refractivity contribution in [3.63, 3.8) is 0 Å². The summed E-state index contributed by atoms with van der Waals surface area (Å²) in [7, 11) is 0. The maximum Gasteiger partial charge on any atom is 0.326 e. The van der Waals surface area contributed by atoms with Crippen LogP contribution < -0.4 is 5.73 Å². The normalized spacial score (nSPS) is 31.1. The minimum Gasteiger partial charge on any atom is -0.480 e. The fourth-order valence-electron chi connectivity index (χ4n) is 2.81. The molecular formula is C12H20N2O3. The van der Waals surface area contributed by atoms with Gasteiger partial charge in [0.1, 0.15) is 6.04 Å². The molecule has 1 saturated heterocycles. The summed E-state index contributed by atoms with van der Waals surface area (Å²) in [5, 5.41) is 9.15. The van der Waals surface area contributed by atoms with E-state index >= 15 is 0 Å². The molecule has 2 atom stereocenters. The number of amides is 1. The van der Waals surface area contributed by atoms with E-state index in [4.69, 9.17) is 10.8 Å². The number of aliphatic carboxylic acids is 1. The first-order valence-corrected chi connectivity index (χ1v) is 6.24. The highest BCUT2D eigenvalue weighted by molar-refractivity contribution is 5.85. The number of carboxylic acid groups (broad SMARTS) is 1. The Kier molecular flexibility index (Phi) is 3.12. The molecule has 1 aliphatic heterocycles. The van der Waals surface area contributed by atoms with Gasteiger partial charge in [0.2, 0.25) is 5.91 Å². The van der Waals surface area contributed by atoms with Crippen LogP contribution in [0.4, 0.5) is 0 Å². The van der Waals surface area contributed by atoms with E-state index in [0.717, 1.165) is 25.7 Å². The van der Waals surface area contributed by atoms with Crippen molar-refractivity contribution < 1.29 is 14.7 Å². The highest BCUT2D eigenvalue weighted by atomic mass is 16.4. The average molecular weight is 240 g/mol. The number of carbonyl (C=O) groups excluding carboxylic acids is 1. The number of carboxylic acids is 1. The van der Waals surface area contributed by atoms with E-state index in [9.17, 15) is 9.59 Å². The summed E-state index contributed by atoms with van der Waals surface area (Å²) in [6.07, 6.45) is 3.88. The third kappa shape index (κ3) is 2.29. The van der Waals surface area contributed by atoms with Gasteiger partial charge in [-0.3, -0.25) is 4.79 Å². The maximum absolute atomic E-state index is 12.1. The zero-order valence-corrected chi connectivity index (χ0v) is 10.2. The molecule has 0 spiro atoms. The van der Waals surface area contributed by atoms with Crippen molar-refractivity contribution in [2.24, 2.45) is 11.7 Å². The molecule has 2 unspecified atom stereocenters. The van der Waals surface area contributed by atoms with Crippen LogP contribution in [0.2, 0.25) is 0 Å². The fraction of sp³-hybridized carbons (Fsp3) is 0.833. The van der Waals surface area contributed by atoms with Crippen LogP contribution in [0.1, 0.15) is 39.0 Å². The summed E-state index contributed by atoms with van der Waals surface area (Å²) in [6.45, 7) is 2.43. The molecule has 0 aromatic heterocycles. The SMILES string of the molecule is CC1CCN(C(=O)CC2(N)CCC2)C1C(=O)O. The van der Waals surface area contributed by atoms with Crippen LogP contribution in [-0.4, -0.2) is 40.0 Å². The number of hydrogen-bond acceptors (Lipinski definition) is 3. The van der Waals surface area contributed by atoms with Crippen molar-refractivity contribution in [3.8, 4) is 0 Å². The average Bonchev–Trinajstić information content (AvgIpc) is 2.57. The van der Waals surface area contributed by atoms with Crippen LogP contribution in [0.3, 0.4) is 0 Å². The molecular weight excluding hydrogens is 220 g/mol. The largest absolute Gasteiger partial charge is 0.480 e. The van der Waals surface area contributed by atoms with E-state index in [1.54, 1.807) is 0 Å². The van der Waals surface area contributed by atoms with E-state index in [2.05, 4.69) is 0 Å². The van der Waals surface area contributed by atoms with Crippen LogP contribution >= 0.6 is 0 Å². The van der Waals surface area contributed by atoms with Gasteiger partial charge in [-0.1, -0.05) is 6.92 Å². The number of nitrogens with zero attached hydrogens (tertiary/aromatic N) is 1. The molecule has 0 aromatic rings. The molecule has 96 valence electrons. The lowest BCUT2D eigenvalue weighted by Crippen LogP contribution is -2.52. The minimum absolute atomic E-state index is 0.0339. The maximum atomic E-state index is 12.1. The summed E-state index contributed by atoms with van der Waals surface area (Å²) in [6, 6.07) is -0.661. The molecule has 2 aliphatic rings. The molecule has 1 aliphatic carbocycles. The predicted molar refractivity (Wildman–Crippen MR) is 62.3 cm³/mol. The Morgan fingerprint density at radius 3 is 2.59 bits per heavy atom. The lowest BCUT2D eigenvalue weighted by Gasteiger charge is -2.39. The monoisotopic (exact) mass is 240 g/mol. The van der Waals surface area contributed by atoms with E-state index in [1.165, 1.54) is 4.90 Å². The topological polar surface area (TPSA) is 83.6 Å². The van der Waals surface area contributed by atoms with Crippen molar-refractivity contribution in [2.45, 2.75) is 50.6 Å². The van der Waals surface area contributed by atoms with Crippen LogP contribution in [0.5, 0.6) is 0 Å². The minimum atomic E-state index is -0.900. The summed E-state index contributed by atoms with van der Waals surface area (Å²) < 4.78 is 0. The first-order valence-electron chi connectivity index (χ1n) is 6.24. The second-order valence-corrected chi connectivity index (χ2v) is 5.53. The number of likely N-dealkylation sites (tertiary alicyclic amines) is 1. The standard InChI is InChI=1S/C12H20N2O3/c1-8-3-6-14(10(8)11(16)17)9(15)7-12(13)4-2-5-12/h8,10H,2-7,13H2,1H3,(H,16,17). The van der Waals surface area contributed by atoms with E-state index in [1.807, 2.05) is 6.92 Å². The Bertz CT molecular complexity index is 339. The van der Waals surface area contributed by atoms with Gasteiger partial charge in [0, 0.05) is 18.5 Å². The molecule has 2 fully saturated rings. The second-order valence-electron chi connectivity index (χ2n) is 5.53. The van der Waals surface area contributed by atoms with Crippen LogP contribution in [0, 0.1) is 5.92 Å². The Labute approximate surface area is 101 Å². The van der Waals surface area contributed by atoms with Gasteiger partial charge in [-0.15, -0.1) is 0 Å². The molecule has 5 nitrogen and oxygen atoms in total. The first-order chi connectivity index (χ1) is 7.93. The van der Waals surface area contributed by atoms with Crippen molar-refractivity contribution in [2.75, 3.05) is 6.54 Å². The summed E-state index contributed by atoms with van der Waals surface area (Å²) >= 11 is 0. The zero-order valence-electron chi connectivity index (χ0n) is 10.2. The summed E-state index contributed by atoms with van der Waals surface area (Å²) in [4.78, 5) is 24.7. The summed E-state index contributed by atoms with van der Waals surface area (Å²) in [5.74, 6) is -0.960. The van der Waals surface area contributed by atoms with Gasteiger partial charge in [0.25, 0.3) is 0 Å². The van der Waals surface area contributed by atoms with Crippen LogP contribution in [0.25, 0.3) is 0 Å². The summed E-state index contributed by atoms with van der Waals surface area (Å²) in [5.41, 5.74) is 5.66. The predicted octanol–water partition coefficient (Wildman–Crippen LogP) is 0.579. The van der Waals surface area contributed by atoms with Gasteiger partial charge < -0.3 is 15.7 Å². The number of hydrogen-bond donors (Lipinski definition) is 2. The highest BCUT2D eigenvalue weighted by Crippen LogP contribution is 2.34. The Morgan fingerprint density at radius 2 is 2.12 bits per heavy atom. The molecule has 3 N–H and O–H groups in total. The van der Waals surface area contributed by atoms with E-state index in [0.29, 0.717) is 13.0 Å². The quantitative estimate of drug-likeness (QED) is 0.755. The fourth-order valence-corrected chi connectivity index (χ4v) is 2.81. The van der Waals surface area contributed by atoms with Gasteiger partial charge in [0.05, 0.1) is 0 Å². The van der Waals surface area contributed by atoms with Crippen molar-refractivity contribution in [3.05, 3.63) is 0 Å². The number of nitrogens with two attached hydrogens (primary N) is 1. The Morgan fingerprint density at radius 1 is 1.47 bits per heavy atom. The molecule has 1 heterocycles. The Balaban J connectivity index is 2.01. The lowest BCUT2D eigenvalue weighted by atomic mass is 9.75. The molecule has 5 heteroatoms. The molecule has 1 saturated carbocycles. The van der Waals surface area contributed by atoms with Crippen molar-refractivity contribution in [1.29, 1.82) is 0 Å². The molecule has 0 radical (unpaired) electrons. The second kappa shape index (κ2) is 4.29. The van der Waals surface area contributed by atoms with E-state index < -0.39 is 12.0 Å². The Hall–Kier alpha value is -1.10. The molecule has 1 amide bonds. The number of rotatable bonds is 3. The molecule has 0 aromatic carbocycles. The molecule has 17 heavy (non-hydrogen) atoms. The van der Waals surface area contributed by atoms with Gasteiger partial charge in [0.15, 0.2) is 0 Å².